The molecule has 0 aromatic heterocycles. The zero-order valence-electron chi connectivity index (χ0n) is 10.8. The van der Waals surface area contributed by atoms with Gasteiger partial charge < -0.3 is 10.4 Å². The number of hydrogen-bond acceptors (Lipinski definition) is 3. The Morgan fingerprint density at radius 1 is 1.16 bits per heavy atom. The lowest BCUT2D eigenvalue weighted by molar-refractivity contribution is -0.122. The zero-order valence-corrected chi connectivity index (χ0v) is 10.8. The molecule has 102 valence electrons. The Labute approximate surface area is 112 Å². The van der Waals surface area contributed by atoms with Gasteiger partial charge in [0, 0.05) is 5.56 Å². The third kappa shape index (κ3) is 3.89. The summed E-state index contributed by atoms with van der Waals surface area (Å²) in [5.74, 6) is -0.497. The number of aliphatic hydroxyl groups is 1. The van der Waals surface area contributed by atoms with Crippen LogP contribution in [0.25, 0.3) is 0 Å². The molecule has 0 heterocycles. The monoisotopic (exact) mass is 261 g/mol. The normalized spacial score (nSPS) is 22.8. The van der Waals surface area contributed by atoms with E-state index in [1.165, 1.54) is 0 Å². The van der Waals surface area contributed by atoms with Crippen molar-refractivity contribution in [3.8, 4) is 0 Å². The fourth-order valence-electron chi connectivity index (χ4n) is 2.41. The van der Waals surface area contributed by atoms with Crippen LogP contribution < -0.4 is 5.32 Å². The number of carbonyl (C=O) groups excluding carboxylic acids is 2. The number of hydrogen-bond donors (Lipinski definition) is 2. The molecule has 1 aromatic carbocycles. The summed E-state index contributed by atoms with van der Waals surface area (Å²) in [7, 11) is 0. The van der Waals surface area contributed by atoms with E-state index in [0.717, 1.165) is 25.7 Å². The van der Waals surface area contributed by atoms with Crippen LogP contribution in [0.2, 0.25) is 0 Å². The highest BCUT2D eigenvalue weighted by atomic mass is 16.3. The Morgan fingerprint density at radius 3 is 2.53 bits per heavy atom. The molecule has 0 aliphatic heterocycles. The Balaban J connectivity index is 1.86. The van der Waals surface area contributed by atoms with Crippen molar-refractivity contribution in [2.24, 2.45) is 0 Å². The molecule has 1 fully saturated rings. The van der Waals surface area contributed by atoms with Gasteiger partial charge >= 0.3 is 0 Å². The maximum Gasteiger partial charge on any atom is 0.228 e. The van der Waals surface area contributed by atoms with Crippen LogP contribution >= 0.6 is 0 Å². The Morgan fingerprint density at radius 2 is 1.84 bits per heavy atom. The van der Waals surface area contributed by atoms with E-state index in [9.17, 15) is 14.7 Å². The highest BCUT2D eigenvalue weighted by molar-refractivity contribution is 6.07. The average Bonchev–Trinajstić information content (AvgIpc) is 2.42. The molecule has 0 saturated heterocycles. The molecule has 4 nitrogen and oxygen atoms in total. The van der Waals surface area contributed by atoms with Crippen molar-refractivity contribution in [1.82, 2.24) is 5.32 Å². The Kier molecular flexibility index (Phi) is 4.68. The number of rotatable bonds is 4. The van der Waals surface area contributed by atoms with Gasteiger partial charge in [0.1, 0.15) is 0 Å². The van der Waals surface area contributed by atoms with E-state index in [4.69, 9.17) is 0 Å². The Hall–Kier alpha value is -1.68. The molecule has 2 rings (SSSR count). The molecule has 0 spiro atoms. The molecule has 0 bridgehead atoms. The first-order chi connectivity index (χ1) is 9.16. The lowest BCUT2D eigenvalue weighted by atomic mass is 9.92. The van der Waals surface area contributed by atoms with Gasteiger partial charge in [-0.1, -0.05) is 43.2 Å². The minimum Gasteiger partial charge on any atom is -0.391 e. The van der Waals surface area contributed by atoms with E-state index in [1.807, 2.05) is 6.07 Å². The molecule has 1 aliphatic rings. The van der Waals surface area contributed by atoms with Gasteiger partial charge in [0.25, 0.3) is 0 Å². The van der Waals surface area contributed by atoms with Crippen LogP contribution in [-0.2, 0) is 4.79 Å². The summed E-state index contributed by atoms with van der Waals surface area (Å²) < 4.78 is 0. The predicted molar refractivity (Wildman–Crippen MR) is 71.8 cm³/mol. The minimum absolute atomic E-state index is 0.159. The van der Waals surface area contributed by atoms with E-state index in [1.54, 1.807) is 24.3 Å². The summed E-state index contributed by atoms with van der Waals surface area (Å²) in [6, 6.07) is 8.57. The van der Waals surface area contributed by atoms with Crippen molar-refractivity contribution in [2.45, 2.75) is 44.2 Å². The second-order valence-electron chi connectivity index (χ2n) is 4.99. The molecular weight excluding hydrogens is 242 g/mol. The van der Waals surface area contributed by atoms with Crippen LogP contribution in [0.15, 0.2) is 30.3 Å². The van der Waals surface area contributed by atoms with Gasteiger partial charge in [0.15, 0.2) is 5.78 Å². The van der Waals surface area contributed by atoms with Gasteiger partial charge in [-0.25, -0.2) is 0 Å². The molecule has 4 heteroatoms. The summed E-state index contributed by atoms with van der Waals surface area (Å²) in [5.41, 5.74) is 0.543. The smallest absolute Gasteiger partial charge is 0.228 e. The topological polar surface area (TPSA) is 66.4 Å². The van der Waals surface area contributed by atoms with Crippen molar-refractivity contribution in [3.05, 3.63) is 35.9 Å². The molecular formula is C15H19NO3. The van der Waals surface area contributed by atoms with E-state index < -0.39 is 6.10 Å². The van der Waals surface area contributed by atoms with Crippen LogP contribution in [0.1, 0.15) is 42.5 Å². The molecule has 1 saturated carbocycles. The second-order valence-corrected chi connectivity index (χ2v) is 4.99. The second kappa shape index (κ2) is 6.48. The SMILES string of the molecule is O=C(CC(=O)c1ccccc1)NC1CCCCC1O. The van der Waals surface area contributed by atoms with Gasteiger partial charge in [0.2, 0.25) is 5.91 Å². The maximum absolute atomic E-state index is 11.9. The highest BCUT2D eigenvalue weighted by Crippen LogP contribution is 2.18. The first kappa shape index (κ1) is 13.7. The summed E-state index contributed by atoms with van der Waals surface area (Å²) in [5, 5.41) is 12.5. The molecule has 1 aliphatic carbocycles. The maximum atomic E-state index is 11.9. The number of carbonyl (C=O) groups is 2. The third-order valence-corrected chi connectivity index (χ3v) is 3.49. The summed E-state index contributed by atoms with van der Waals surface area (Å²) in [4.78, 5) is 23.7. The van der Waals surface area contributed by atoms with E-state index in [-0.39, 0.29) is 24.2 Å². The molecule has 1 amide bonds. The zero-order chi connectivity index (χ0) is 13.7. The van der Waals surface area contributed by atoms with E-state index >= 15 is 0 Å². The minimum atomic E-state index is -0.482. The van der Waals surface area contributed by atoms with Crippen LogP contribution in [0.3, 0.4) is 0 Å². The Bertz CT molecular complexity index is 444. The van der Waals surface area contributed by atoms with Gasteiger partial charge in [-0.15, -0.1) is 0 Å². The standard InChI is InChI=1S/C15H19NO3/c17-13-9-5-4-8-12(13)16-15(19)10-14(18)11-6-2-1-3-7-11/h1-3,6-7,12-13,17H,4-5,8-10H2,(H,16,19). The molecule has 1 aromatic rings. The summed E-state index contributed by atoms with van der Waals surface area (Å²) in [6.07, 6.45) is 2.87. The van der Waals surface area contributed by atoms with Crippen molar-refractivity contribution in [3.63, 3.8) is 0 Å². The average molecular weight is 261 g/mol. The van der Waals surface area contributed by atoms with Gasteiger partial charge in [0.05, 0.1) is 18.6 Å². The van der Waals surface area contributed by atoms with E-state index in [2.05, 4.69) is 5.32 Å². The molecule has 2 unspecified atom stereocenters. The van der Waals surface area contributed by atoms with E-state index in [0.29, 0.717) is 5.56 Å². The number of ketones is 1. The molecule has 2 atom stereocenters. The van der Waals surface area contributed by atoms with Gasteiger partial charge in [-0.2, -0.15) is 0 Å². The van der Waals surface area contributed by atoms with Crippen molar-refractivity contribution in [2.75, 3.05) is 0 Å². The fourth-order valence-corrected chi connectivity index (χ4v) is 2.41. The number of amides is 1. The number of aliphatic hydroxyl groups excluding tert-OH is 1. The first-order valence-corrected chi connectivity index (χ1v) is 6.72. The predicted octanol–water partition coefficient (Wildman–Crippen LogP) is 1.68. The van der Waals surface area contributed by atoms with Crippen LogP contribution in [0, 0.1) is 0 Å². The summed E-state index contributed by atoms with van der Waals surface area (Å²) >= 11 is 0. The number of nitrogens with one attached hydrogen (secondary N) is 1. The van der Waals surface area contributed by atoms with Gasteiger partial charge in [-0.05, 0) is 12.8 Å². The van der Waals surface area contributed by atoms with Crippen molar-refractivity contribution < 1.29 is 14.7 Å². The highest BCUT2D eigenvalue weighted by Gasteiger charge is 2.25. The molecule has 2 N–H and O–H groups in total. The van der Waals surface area contributed by atoms with Gasteiger partial charge in [-0.3, -0.25) is 9.59 Å². The quantitative estimate of drug-likeness (QED) is 0.640. The third-order valence-electron chi connectivity index (χ3n) is 3.49. The largest absolute Gasteiger partial charge is 0.391 e. The van der Waals surface area contributed by atoms with Crippen LogP contribution in [0.4, 0.5) is 0 Å². The van der Waals surface area contributed by atoms with Crippen LogP contribution in [-0.4, -0.2) is 28.9 Å². The molecule has 19 heavy (non-hydrogen) atoms. The van der Waals surface area contributed by atoms with Crippen LogP contribution in [0.5, 0.6) is 0 Å². The van der Waals surface area contributed by atoms with Crippen molar-refractivity contribution in [1.29, 1.82) is 0 Å². The number of benzene rings is 1. The number of Topliss-reactive ketones (excluding diaryl/α,β-unsaturated/α-hetero) is 1. The van der Waals surface area contributed by atoms with Crippen molar-refractivity contribution >= 4 is 11.7 Å². The summed E-state index contributed by atoms with van der Waals surface area (Å²) in [6.45, 7) is 0. The lowest BCUT2D eigenvalue weighted by Crippen LogP contribution is -2.45. The fraction of sp³-hybridized carbons (Fsp3) is 0.467. The first-order valence-electron chi connectivity index (χ1n) is 6.72. The molecule has 0 radical (unpaired) electrons. The lowest BCUT2D eigenvalue weighted by Gasteiger charge is -2.28.